The number of amides is 1. The van der Waals surface area contributed by atoms with E-state index in [4.69, 9.17) is 16.9 Å². The first-order valence-electron chi connectivity index (χ1n) is 7.68. The first kappa shape index (κ1) is 18.5. The first-order valence-corrected chi connectivity index (χ1v) is 9.92. The third-order valence-electron chi connectivity index (χ3n) is 3.47. The van der Waals surface area contributed by atoms with E-state index in [0.717, 1.165) is 13.0 Å². The summed E-state index contributed by atoms with van der Waals surface area (Å²) in [5, 5.41) is 23.0. The van der Waals surface area contributed by atoms with Crippen molar-refractivity contribution in [1.29, 1.82) is 5.26 Å². The molecule has 3 aromatic rings. The molecule has 0 aliphatic carbocycles. The molecular weight excluding hydrogens is 390 g/mol. The number of carbonyl (C=O) groups is 1. The number of benzene rings is 1. The van der Waals surface area contributed by atoms with Gasteiger partial charge >= 0.3 is 0 Å². The summed E-state index contributed by atoms with van der Waals surface area (Å²) in [4.78, 5) is 13.5. The second kappa shape index (κ2) is 8.85. The Balaban J connectivity index is 1.56. The molecule has 6 nitrogen and oxygen atoms in total. The number of nitrogens with zero attached hydrogens (tertiary/aromatic N) is 4. The summed E-state index contributed by atoms with van der Waals surface area (Å²) >= 11 is 8.94. The molecule has 0 spiro atoms. The van der Waals surface area contributed by atoms with Crippen LogP contribution < -0.4 is 5.32 Å². The SMILES string of the molecule is N#Cc1ccc(Cl)cc1NC(=O)CSc1nncn1CCc1cccs1. The summed E-state index contributed by atoms with van der Waals surface area (Å²) in [5.41, 5.74) is 0.775. The van der Waals surface area contributed by atoms with Crippen LogP contribution in [0.3, 0.4) is 0 Å². The Bertz CT molecular complexity index is 933. The predicted molar refractivity (Wildman–Crippen MR) is 104 cm³/mol. The molecule has 2 heterocycles. The number of anilines is 1. The van der Waals surface area contributed by atoms with E-state index in [1.165, 1.54) is 16.6 Å². The van der Waals surface area contributed by atoms with Crippen molar-refractivity contribution in [1.82, 2.24) is 14.8 Å². The molecule has 0 fully saturated rings. The van der Waals surface area contributed by atoms with Crippen LogP contribution >= 0.6 is 34.7 Å². The van der Waals surface area contributed by atoms with Gasteiger partial charge < -0.3 is 9.88 Å². The average molecular weight is 404 g/mol. The number of hydrogen-bond donors (Lipinski definition) is 1. The monoisotopic (exact) mass is 403 g/mol. The lowest BCUT2D eigenvalue weighted by Gasteiger charge is -2.08. The number of halogens is 1. The van der Waals surface area contributed by atoms with Gasteiger partial charge in [-0.2, -0.15) is 5.26 Å². The highest BCUT2D eigenvalue weighted by molar-refractivity contribution is 7.99. The second-order valence-electron chi connectivity index (χ2n) is 5.27. The van der Waals surface area contributed by atoms with Crippen molar-refractivity contribution in [2.24, 2.45) is 0 Å². The summed E-state index contributed by atoms with van der Waals surface area (Å²) in [7, 11) is 0. The van der Waals surface area contributed by atoms with Gasteiger partial charge in [0.1, 0.15) is 12.4 Å². The fourth-order valence-corrected chi connectivity index (χ4v) is 3.84. The molecule has 1 N–H and O–H groups in total. The van der Waals surface area contributed by atoms with E-state index in [-0.39, 0.29) is 11.7 Å². The molecule has 0 aliphatic rings. The number of rotatable bonds is 7. The quantitative estimate of drug-likeness (QED) is 0.606. The smallest absolute Gasteiger partial charge is 0.234 e. The Hall–Kier alpha value is -2.34. The Morgan fingerprint density at radius 3 is 3.08 bits per heavy atom. The van der Waals surface area contributed by atoms with E-state index in [2.05, 4.69) is 21.6 Å². The van der Waals surface area contributed by atoms with Gasteiger partial charge in [0.05, 0.1) is 17.0 Å². The first-order chi connectivity index (χ1) is 12.7. The number of nitrogens with one attached hydrogen (secondary N) is 1. The van der Waals surface area contributed by atoms with Crippen LogP contribution in [-0.4, -0.2) is 26.4 Å². The van der Waals surface area contributed by atoms with Crippen molar-refractivity contribution in [3.63, 3.8) is 0 Å². The molecule has 0 aliphatic heterocycles. The molecular formula is C17H14ClN5OS2. The van der Waals surface area contributed by atoms with Gasteiger partial charge in [0.25, 0.3) is 0 Å². The second-order valence-corrected chi connectivity index (χ2v) is 7.69. The number of thioether (sulfide) groups is 1. The number of hydrogen-bond acceptors (Lipinski definition) is 6. The van der Waals surface area contributed by atoms with Crippen LogP contribution in [0.15, 0.2) is 47.2 Å². The maximum Gasteiger partial charge on any atom is 0.234 e. The molecule has 1 aromatic carbocycles. The number of nitriles is 1. The Labute approximate surface area is 163 Å². The minimum atomic E-state index is -0.235. The van der Waals surface area contributed by atoms with Crippen LogP contribution in [-0.2, 0) is 17.8 Å². The molecule has 9 heteroatoms. The normalized spacial score (nSPS) is 10.5. The van der Waals surface area contributed by atoms with Crippen molar-refractivity contribution in [2.45, 2.75) is 18.1 Å². The van der Waals surface area contributed by atoms with Gasteiger partial charge in [-0.15, -0.1) is 21.5 Å². The number of aromatic nitrogens is 3. The van der Waals surface area contributed by atoms with Gasteiger partial charge in [0.2, 0.25) is 5.91 Å². The summed E-state index contributed by atoms with van der Waals surface area (Å²) in [6.45, 7) is 0.754. The van der Waals surface area contributed by atoms with E-state index in [0.29, 0.717) is 21.4 Å². The van der Waals surface area contributed by atoms with Gasteiger partial charge in [0, 0.05) is 16.4 Å². The van der Waals surface area contributed by atoms with Crippen molar-refractivity contribution < 1.29 is 4.79 Å². The van der Waals surface area contributed by atoms with Crippen molar-refractivity contribution in [2.75, 3.05) is 11.1 Å². The van der Waals surface area contributed by atoms with Gasteiger partial charge in [-0.3, -0.25) is 4.79 Å². The van der Waals surface area contributed by atoms with Gasteiger partial charge in [0.15, 0.2) is 5.16 Å². The molecule has 1 amide bonds. The minimum Gasteiger partial charge on any atom is -0.324 e. The molecule has 0 unspecified atom stereocenters. The maximum atomic E-state index is 12.2. The minimum absolute atomic E-state index is 0.162. The standard InChI is InChI=1S/C17H14ClN5OS2/c18-13-4-3-12(9-19)15(8-13)21-16(24)10-26-17-22-20-11-23(17)6-5-14-2-1-7-25-14/h1-4,7-8,11H,5-6,10H2,(H,21,24). The van der Waals surface area contributed by atoms with Crippen molar-refractivity contribution >= 4 is 46.3 Å². The number of carbonyl (C=O) groups excluding carboxylic acids is 1. The molecule has 0 saturated heterocycles. The summed E-state index contributed by atoms with van der Waals surface area (Å²) in [5.74, 6) is -0.0729. The lowest BCUT2D eigenvalue weighted by Crippen LogP contribution is -2.15. The lowest BCUT2D eigenvalue weighted by atomic mass is 10.2. The third-order valence-corrected chi connectivity index (χ3v) is 5.62. The van der Waals surface area contributed by atoms with Crippen LogP contribution in [0, 0.1) is 11.3 Å². The van der Waals surface area contributed by atoms with E-state index in [1.54, 1.807) is 35.9 Å². The lowest BCUT2D eigenvalue weighted by molar-refractivity contribution is -0.113. The molecule has 132 valence electrons. The van der Waals surface area contributed by atoms with Gasteiger partial charge in [-0.1, -0.05) is 29.4 Å². The summed E-state index contributed by atoms with van der Waals surface area (Å²) in [6, 6.07) is 10.9. The summed E-state index contributed by atoms with van der Waals surface area (Å²) < 4.78 is 1.93. The van der Waals surface area contributed by atoms with E-state index in [1.807, 2.05) is 22.1 Å². The molecule has 0 atom stereocenters. The molecule has 2 aromatic heterocycles. The van der Waals surface area contributed by atoms with Gasteiger partial charge in [-0.05, 0) is 36.1 Å². The number of aryl methyl sites for hydroxylation is 2. The van der Waals surface area contributed by atoms with Crippen LogP contribution in [0.5, 0.6) is 0 Å². The topological polar surface area (TPSA) is 83.6 Å². The molecule has 0 saturated carbocycles. The molecule has 0 radical (unpaired) electrons. The zero-order chi connectivity index (χ0) is 18.4. The average Bonchev–Trinajstić information content (AvgIpc) is 3.30. The largest absolute Gasteiger partial charge is 0.324 e. The van der Waals surface area contributed by atoms with Crippen molar-refractivity contribution in [3.8, 4) is 6.07 Å². The van der Waals surface area contributed by atoms with Gasteiger partial charge in [-0.25, -0.2) is 0 Å². The number of thiophene rings is 1. The van der Waals surface area contributed by atoms with Crippen LogP contribution in [0.25, 0.3) is 0 Å². The predicted octanol–water partition coefficient (Wildman–Crippen LogP) is 3.84. The highest BCUT2D eigenvalue weighted by atomic mass is 35.5. The van der Waals surface area contributed by atoms with Crippen molar-refractivity contribution in [3.05, 3.63) is 57.5 Å². The van der Waals surface area contributed by atoms with Crippen LogP contribution in [0.4, 0.5) is 5.69 Å². The summed E-state index contributed by atoms with van der Waals surface area (Å²) in [6.07, 6.45) is 2.56. The molecule has 3 rings (SSSR count). The Kier molecular flexibility index (Phi) is 6.28. The zero-order valence-corrected chi connectivity index (χ0v) is 15.9. The molecule has 26 heavy (non-hydrogen) atoms. The van der Waals surface area contributed by atoms with Crippen LogP contribution in [0.2, 0.25) is 5.02 Å². The Morgan fingerprint density at radius 1 is 1.42 bits per heavy atom. The third kappa shape index (κ3) is 4.85. The fourth-order valence-electron chi connectivity index (χ4n) is 2.23. The highest BCUT2D eigenvalue weighted by Crippen LogP contribution is 2.22. The van der Waals surface area contributed by atoms with E-state index in [9.17, 15) is 4.79 Å². The van der Waals surface area contributed by atoms with E-state index < -0.39 is 0 Å². The van der Waals surface area contributed by atoms with E-state index >= 15 is 0 Å². The Morgan fingerprint density at radius 2 is 2.31 bits per heavy atom. The highest BCUT2D eigenvalue weighted by Gasteiger charge is 2.11. The van der Waals surface area contributed by atoms with Crippen LogP contribution in [0.1, 0.15) is 10.4 Å². The zero-order valence-electron chi connectivity index (χ0n) is 13.6. The maximum absolute atomic E-state index is 12.2. The fraction of sp³-hybridized carbons (Fsp3) is 0.176. The molecule has 0 bridgehead atoms.